The van der Waals surface area contributed by atoms with E-state index in [1.165, 1.54) is 28.7 Å². The molecule has 134 valence electrons. The van der Waals surface area contributed by atoms with E-state index in [2.05, 4.69) is 4.90 Å². The van der Waals surface area contributed by atoms with Gasteiger partial charge in [-0.1, -0.05) is 30.3 Å². The summed E-state index contributed by atoms with van der Waals surface area (Å²) >= 11 is 0. The van der Waals surface area contributed by atoms with E-state index in [9.17, 15) is 19.7 Å². The van der Waals surface area contributed by atoms with E-state index in [1.54, 1.807) is 0 Å². The molecule has 0 saturated carbocycles. The van der Waals surface area contributed by atoms with E-state index in [0.29, 0.717) is 13.0 Å². The average Bonchev–Trinajstić information content (AvgIpc) is 2.87. The molecule has 0 unspecified atom stereocenters. The van der Waals surface area contributed by atoms with Crippen LogP contribution in [0.5, 0.6) is 0 Å². The number of nitro groups is 1. The van der Waals surface area contributed by atoms with Crippen molar-refractivity contribution in [2.24, 2.45) is 0 Å². The number of rotatable bonds is 7. The van der Waals surface area contributed by atoms with Crippen molar-refractivity contribution in [1.29, 1.82) is 0 Å². The molecule has 1 aliphatic rings. The fraction of sp³-hybridized carbons (Fsp3) is 0.263. The van der Waals surface area contributed by atoms with Gasteiger partial charge in [0, 0.05) is 25.2 Å². The Hall–Kier alpha value is -3.06. The van der Waals surface area contributed by atoms with Gasteiger partial charge in [-0.2, -0.15) is 0 Å². The van der Waals surface area contributed by atoms with Gasteiger partial charge in [0.05, 0.1) is 16.1 Å². The van der Waals surface area contributed by atoms with E-state index in [1.807, 2.05) is 37.4 Å². The minimum atomic E-state index is -0.570. The van der Waals surface area contributed by atoms with Crippen LogP contribution in [-0.4, -0.2) is 46.7 Å². The molecular weight excluding hydrogens is 334 g/mol. The maximum atomic E-state index is 12.4. The number of fused-ring (bicyclic) bond motifs is 1. The molecule has 7 heteroatoms. The first-order chi connectivity index (χ1) is 12.5. The Morgan fingerprint density at radius 2 is 1.73 bits per heavy atom. The third-order valence-electron chi connectivity index (χ3n) is 4.38. The van der Waals surface area contributed by atoms with E-state index < -0.39 is 10.8 Å². The lowest BCUT2D eigenvalue weighted by atomic mass is 10.1. The third-order valence-corrected chi connectivity index (χ3v) is 4.38. The summed E-state index contributed by atoms with van der Waals surface area (Å²) < 4.78 is 0. The zero-order valence-electron chi connectivity index (χ0n) is 14.4. The van der Waals surface area contributed by atoms with Gasteiger partial charge in [-0.15, -0.1) is 0 Å². The molecule has 0 aliphatic carbocycles. The normalized spacial score (nSPS) is 13.4. The molecule has 7 nitrogen and oxygen atoms in total. The molecule has 1 aliphatic heterocycles. The van der Waals surface area contributed by atoms with Gasteiger partial charge in [0.15, 0.2) is 0 Å². The van der Waals surface area contributed by atoms with Crippen molar-refractivity contribution < 1.29 is 14.5 Å². The minimum absolute atomic E-state index is 0.113. The van der Waals surface area contributed by atoms with Gasteiger partial charge < -0.3 is 4.90 Å². The van der Waals surface area contributed by atoms with Crippen molar-refractivity contribution in [2.75, 3.05) is 20.1 Å². The summed E-state index contributed by atoms with van der Waals surface area (Å²) in [5.41, 5.74) is 1.36. The monoisotopic (exact) mass is 353 g/mol. The number of nitro benzene ring substituents is 1. The summed E-state index contributed by atoms with van der Waals surface area (Å²) in [6.45, 7) is 1.80. The van der Waals surface area contributed by atoms with Crippen LogP contribution in [0.3, 0.4) is 0 Å². The maximum Gasteiger partial charge on any atom is 0.270 e. The predicted molar refractivity (Wildman–Crippen MR) is 95.9 cm³/mol. The highest BCUT2D eigenvalue weighted by molar-refractivity contribution is 6.21. The van der Waals surface area contributed by atoms with E-state index in [-0.39, 0.29) is 22.7 Å². The number of nitrogens with zero attached hydrogens (tertiary/aromatic N) is 3. The zero-order chi connectivity index (χ0) is 18.7. The van der Waals surface area contributed by atoms with Gasteiger partial charge in [0.2, 0.25) is 0 Å². The molecule has 26 heavy (non-hydrogen) atoms. The lowest BCUT2D eigenvalue weighted by molar-refractivity contribution is -0.384. The van der Waals surface area contributed by atoms with Crippen molar-refractivity contribution in [3.8, 4) is 0 Å². The number of non-ortho nitro benzene ring substituents is 1. The molecule has 1 heterocycles. The fourth-order valence-electron chi connectivity index (χ4n) is 3.07. The molecule has 0 atom stereocenters. The first kappa shape index (κ1) is 17.8. The van der Waals surface area contributed by atoms with Crippen molar-refractivity contribution in [3.05, 3.63) is 75.3 Å². The number of carbonyl (C=O) groups excluding carboxylic acids is 2. The number of imide groups is 1. The van der Waals surface area contributed by atoms with E-state index in [0.717, 1.165) is 13.1 Å². The minimum Gasteiger partial charge on any atom is -0.302 e. The molecule has 2 amide bonds. The smallest absolute Gasteiger partial charge is 0.270 e. The average molecular weight is 353 g/mol. The van der Waals surface area contributed by atoms with Crippen LogP contribution in [0.15, 0.2) is 48.5 Å². The Bertz CT molecular complexity index is 851. The molecule has 0 radical (unpaired) electrons. The van der Waals surface area contributed by atoms with Crippen LogP contribution in [-0.2, 0) is 6.54 Å². The highest BCUT2D eigenvalue weighted by atomic mass is 16.6. The molecular formula is C19H19N3O4. The van der Waals surface area contributed by atoms with Crippen LogP contribution in [0.25, 0.3) is 0 Å². The van der Waals surface area contributed by atoms with Gasteiger partial charge in [-0.05, 0) is 31.6 Å². The molecule has 0 spiro atoms. The molecule has 0 N–H and O–H groups in total. The summed E-state index contributed by atoms with van der Waals surface area (Å²) in [5.74, 6) is -0.843. The second-order valence-electron chi connectivity index (χ2n) is 6.33. The second-order valence-corrected chi connectivity index (χ2v) is 6.33. The fourth-order valence-corrected chi connectivity index (χ4v) is 3.07. The number of hydrogen-bond acceptors (Lipinski definition) is 5. The van der Waals surface area contributed by atoms with Crippen LogP contribution >= 0.6 is 0 Å². The summed E-state index contributed by atoms with van der Waals surface area (Å²) in [4.78, 5) is 38.4. The largest absolute Gasteiger partial charge is 0.302 e. The van der Waals surface area contributed by atoms with Crippen LogP contribution in [0.4, 0.5) is 5.69 Å². The molecule has 0 fully saturated rings. The van der Waals surface area contributed by atoms with Gasteiger partial charge in [-0.25, -0.2) is 0 Å². The molecule has 2 aromatic carbocycles. The van der Waals surface area contributed by atoms with Crippen LogP contribution < -0.4 is 0 Å². The standard InChI is InChI=1S/C19H19N3O4/c1-20(13-14-6-3-2-4-7-14)10-5-11-21-18(23)16-9-8-15(22(25)26)12-17(16)19(21)24/h2-4,6-9,12H,5,10-11,13H2,1H3. The Balaban J connectivity index is 1.58. The van der Waals surface area contributed by atoms with Gasteiger partial charge >= 0.3 is 0 Å². The molecule has 0 bridgehead atoms. The molecule has 3 rings (SSSR count). The topological polar surface area (TPSA) is 83.8 Å². The highest BCUT2D eigenvalue weighted by Gasteiger charge is 2.36. The van der Waals surface area contributed by atoms with Crippen molar-refractivity contribution in [3.63, 3.8) is 0 Å². The first-order valence-corrected chi connectivity index (χ1v) is 8.34. The maximum absolute atomic E-state index is 12.4. The summed E-state index contributed by atoms with van der Waals surface area (Å²) in [5, 5.41) is 10.9. The molecule has 0 aromatic heterocycles. The lowest BCUT2D eigenvalue weighted by Gasteiger charge is -2.19. The summed E-state index contributed by atoms with van der Waals surface area (Å²) in [7, 11) is 1.98. The Morgan fingerprint density at radius 1 is 1.04 bits per heavy atom. The second kappa shape index (κ2) is 7.45. The Labute approximate surface area is 151 Å². The van der Waals surface area contributed by atoms with Gasteiger partial charge in [0.25, 0.3) is 17.5 Å². The summed E-state index contributed by atoms with van der Waals surface area (Å²) in [6.07, 6.45) is 0.636. The molecule has 0 saturated heterocycles. The Kier molecular flexibility index (Phi) is 5.09. The van der Waals surface area contributed by atoms with Gasteiger partial charge in [0.1, 0.15) is 0 Å². The van der Waals surface area contributed by atoms with Crippen LogP contribution in [0.2, 0.25) is 0 Å². The highest BCUT2D eigenvalue weighted by Crippen LogP contribution is 2.26. The van der Waals surface area contributed by atoms with Crippen molar-refractivity contribution in [2.45, 2.75) is 13.0 Å². The van der Waals surface area contributed by atoms with Crippen LogP contribution in [0, 0.1) is 10.1 Å². The number of hydrogen-bond donors (Lipinski definition) is 0. The number of amides is 2. The zero-order valence-corrected chi connectivity index (χ0v) is 14.4. The molecule has 2 aromatic rings. The quantitative estimate of drug-likeness (QED) is 0.434. The lowest BCUT2D eigenvalue weighted by Crippen LogP contribution is -2.32. The first-order valence-electron chi connectivity index (χ1n) is 8.34. The predicted octanol–water partition coefficient (Wildman–Crippen LogP) is 2.71. The van der Waals surface area contributed by atoms with E-state index in [4.69, 9.17) is 0 Å². The Morgan fingerprint density at radius 3 is 2.42 bits per heavy atom. The SMILES string of the molecule is CN(CCCN1C(=O)c2ccc([N+](=O)[O-])cc2C1=O)Cc1ccccc1. The summed E-state index contributed by atoms with van der Waals surface area (Å²) in [6, 6.07) is 13.8. The van der Waals surface area contributed by atoms with Crippen molar-refractivity contribution in [1.82, 2.24) is 9.80 Å². The van der Waals surface area contributed by atoms with E-state index >= 15 is 0 Å². The van der Waals surface area contributed by atoms with Gasteiger partial charge in [-0.3, -0.25) is 24.6 Å². The van der Waals surface area contributed by atoms with Crippen molar-refractivity contribution >= 4 is 17.5 Å². The van der Waals surface area contributed by atoms with Crippen LogP contribution in [0.1, 0.15) is 32.7 Å². The number of benzene rings is 2. The third kappa shape index (κ3) is 3.62. The number of carbonyl (C=O) groups is 2.